The van der Waals surface area contributed by atoms with Crippen molar-refractivity contribution in [3.63, 3.8) is 0 Å². The highest BCUT2D eigenvalue weighted by atomic mass is 32.2. The lowest BCUT2D eigenvalue weighted by Gasteiger charge is -2.25. The fourth-order valence-corrected chi connectivity index (χ4v) is 5.06. The molecule has 0 saturated heterocycles. The zero-order valence-electron chi connectivity index (χ0n) is 15.4. The monoisotopic (exact) mass is 393 g/mol. The van der Waals surface area contributed by atoms with Crippen molar-refractivity contribution in [1.29, 1.82) is 0 Å². The number of para-hydroxylation sites is 1. The molecule has 2 unspecified atom stereocenters. The van der Waals surface area contributed by atoms with Gasteiger partial charge in [-0.1, -0.05) is 31.2 Å². The Kier molecular flexibility index (Phi) is 7.80. The molecule has 0 spiro atoms. The standard InChI is InChI=1S/C20H27NO3S2/c1-15(12-25-18-9-5-3-7-16(18)22-2)11-21-20-13-26-19-10-6-4-8-17(19)23-14-24-20/h3-8,10,15,18,20-21H,9,11-14H2,1-2H3/t15-,18?,20?/m0/s1. The van der Waals surface area contributed by atoms with Gasteiger partial charge in [-0.05, 0) is 36.3 Å². The molecule has 0 bridgehead atoms. The highest BCUT2D eigenvalue weighted by Crippen LogP contribution is 2.31. The molecule has 6 heteroatoms. The first kappa shape index (κ1) is 19.7. The first-order valence-corrected chi connectivity index (χ1v) is 11.0. The summed E-state index contributed by atoms with van der Waals surface area (Å²) in [5.74, 6) is 4.50. The number of methoxy groups -OCH3 is 1. The molecule has 4 nitrogen and oxygen atoms in total. The highest BCUT2D eigenvalue weighted by Gasteiger charge is 2.19. The van der Waals surface area contributed by atoms with Crippen LogP contribution in [0.3, 0.4) is 0 Å². The van der Waals surface area contributed by atoms with Gasteiger partial charge in [-0.3, -0.25) is 5.32 Å². The lowest BCUT2D eigenvalue weighted by atomic mass is 10.1. The van der Waals surface area contributed by atoms with E-state index in [1.165, 1.54) is 4.90 Å². The third-order valence-corrected chi connectivity index (χ3v) is 7.01. The Labute approximate surface area is 164 Å². The quantitative estimate of drug-likeness (QED) is 0.745. The van der Waals surface area contributed by atoms with Crippen molar-refractivity contribution in [2.45, 2.75) is 29.7 Å². The highest BCUT2D eigenvalue weighted by molar-refractivity contribution is 8.00. The summed E-state index contributed by atoms with van der Waals surface area (Å²) >= 11 is 3.74. The van der Waals surface area contributed by atoms with Gasteiger partial charge < -0.3 is 14.2 Å². The predicted octanol–water partition coefficient (Wildman–Crippen LogP) is 4.29. The van der Waals surface area contributed by atoms with E-state index >= 15 is 0 Å². The van der Waals surface area contributed by atoms with Gasteiger partial charge in [-0.2, -0.15) is 0 Å². The molecule has 1 aromatic carbocycles. The van der Waals surface area contributed by atoms with Gasteiger partial charge in [0, 0.05) is 17.2 Å². The second-order valence-electron chi connectivity index (χ2n) is 6.45. The molecule has 1 aliphatic carbocycles. The van der Waals surface area contributed by atoms with Crippen LogP contribution in [0.2, 0.25) is 0 Å². The molecule has 142 valence electrons. The Morgan fingerprint density at radius 3 is 3.15 bits per heavy atom. The Morgan fingerprint density at radius 1 is 1.38 bits per heavy atom. The maximum absolute atomic E-state index is 5.82. The van der Waals surface area contributed by atoms with Crippen LogP contribution in [0.15, 0.2) is 53.1 Å². The third kappa shape index (κ3) is 5.71. The summed E-state index contributed by atoms with van der Waals surface area (Å²) in [5.41, 5.74) is 0. The number of nitrogens with one attached hydrogen (secondary N) is 1. The van der Waals surface area contributed by atoms with E-state index in [4.69, 9.17) is 14.2 Å². The number of hydrogen-bond donors (Lipinski definition) is 1. The minimum atomic E-state index is 0.00727. The van der Waals surface area contributed by atoms with Crippen molar-refractivity contribution in [2.24, 2.45) is 5.92 Å². The van der Waals surface area contributed by atoms with Gasteiger partial charge in [-0.15, -0.1) is 23.5 Å². The fraction of sp³-hybridized carbons (Fsp3) is 0.500. The topological polar surface area (TPSA) is 39.7 Å². The molecular weight excluding hydrogens is 366 g/mol. The van der Waals surface area contributed by atoms with Crippen LogP contribution in [-0.4, -0.2) is 43.4 Å². The Morgan fingerprint density at radius 2 is 2.27 bits per heavy atom. The summed E-state index contributed by atoms with van der Waals surface area (Å²) in [4.78, 5) is 1.18. The first-order chi connectivity index (χ1) is 12.8. The summed E-state index contributed by atoms with van der Waals surface area (Å²) in [6.45, 7) is 3.49. The molecule has 1 aromatic rings. The summed E-state index contributed by atoms with van der Waals surface area (Å²) in [7, 11) is 1.76. The molecule has 26 heavy (non-hydrogen) atoms. The minimum Gasteiger partial charge on any atom is -0.500 e. The first-order valence-electron chi connectivity index (χ1n) is 8.98. The number of allylic oxidation sites excluding steroid dienone is 3. The Bertz CT molecular complexity index is 635. The van der Waals surface area contributed by atoms with E-state index in [0.717, 1.165) is 36.0 Å². The lowest BCUT2D eigenvalue weighted by molar-refractivity contribution is -0.0430. The molecule has 2 aliphatic rings. The normalized spacial score (nSPS) is 23.8. The summed E-state index contributed by atoms with van der Waals surface area (Å²) in [5, 5.41) is 3.97. The Balaban J connectivity index is 1.40. The summed E-state index contributed by atoms with van der Waals surface area (Å²) in [6.07, 6.45) is 7.41. The van der Waals surface area contributed by atoms with Crippen molar-refractivity contribution >= 4 is 23.5 Å². The van der Waals surface area contributed by atoms with E-state index in [0.29, 0.717) is 11.2 Å². The van der Waals surface area contributed by atoms with Crippen LogP contribution in [0.1, 0.15) is 13.3 Å². The number of hydrogen-bond acceptors (Lipinski definition) is 6. The zero-order chi connectivity index (χ0) is 18.2. The van der Waals surface area contributed by atoms with Gasteiger partial charge in [0.05, 0.1) is 12.4 Å². The summed E-state index contributed by atoms with van der Waals surface area (Å²) in [6, 6.07) is 8.12. The number of fused-ring (bicyclic) bond motifs is 1. The molecule has 0 amide bonds. The Hall–Kier alpha value is -1.08. The molecule has 0 saturated carbocycles. The maximum atomic E-state index is 5.82. The van der Waals surface area contributed by atoms with Crippen LogP contribution in [0.4, 0.5) is 0 Å². The fourth-order valence-electron chi connectivity index (χ4n) is 2.81. The molecule has 1 aliphatic heterocycles. The minimum absolute atomic E-state index is 0.00727. The molecule has 3 rings (SSSR count). The van der Waals surface area contributed by atoms with Crippen LogP contribution < -0.4 is 10.1 Å². The molecule has 3 atom stereocenters. The van der Waals surface area contributed by atoms with Crippen LogP contribution in [-0.2, 0) is 9.47 Å². The number of thioether (sulfide) groups is 2. The molecule has 1 heterocycles. The van der Waals surface area contributed by atoms with Crippen LogP contribution in [0.5, 0.6) is 5.75 Å². The maximum Gasteiger partial charge on any atom is 0.190 e. The summed E-state index contributed by atoms with van der Waals surface area (Å²) < 4.78 is 17.0. The average Bonchev–Trinajstić information content (AvgIpc) is 2.66. The molecule has 0 fully saturated rings. The van der Waals surface area contributed by atoms with E-state index < -0.39 is 0 Å². The second-order valence-corrected chi connectivity index (χ2v) is 8.75. The van der Waals surface area contributed by atoms with Crippen LogP contribution in [0.25, 0.3) is 0 Å². The molecule has 1 N–H and O–H groups in total. The van der Waals surface area contributed by atoms with Gasteiger partial charge in [0.1, 0.15) is 17.7 Å². The van der Waals surface area contributed by atoms with E-state index in [2.05, 4.69) is 36.5 Å². The second kappa shape index (κ2) is 10.3. The van der Waals surface area contributed by atoms with Crippen molar-refractivity contribution in [3.8, 4) is 5.75 Å². The lowest BCUT2D eigenvalue weighted by Crippen LogP contribution is -2.39. The number of ether oxygens (including phenoxy) is 3. The molecule has 0 radical (unpaired) electrons. The van der Waals surface area contributed by atoms with Gasteiger partial charge in [0.25, 0.3) is 0 Å². The number of benzene rings is 1. The zero-order valence-corrected chi connectivity index (χ0v) is 17.0. The average molecular weight is 394 g/mol. The van der Waals surface area contributed by atoms with Crippen molar-refractivity contribution in [1.82, 2.24) is 5.32 Å². The van der Waals surface area contributed by atoms with Gasteiger partial charge in [-0.25, -0.2) is 0 Å². The number of rotatable bonds is 7. The van der Waals surface area contributed by atoms with E-state index in [1.54, 1.807) is 18.9 Å². The van der Waals surface area contributed by atoms with E-state index in [9.17, 15) is 0 Å². The van der Waals surface area contributed by atoms with Crippen LogP contribution in [0, 0.1) is 5.92 Å². The van der Waals surface area contributed by atoms with E-state index in [-0.39, 0.29) is 13.0 Å². The van der Waals surface area contributed by atoms with E-state index in [1.807, 2.05) is 30.0 Å². The van der Waals surface area contributed by atoms with Gasteiger partial charge >= 0.3 is 0 Å². The van der Waals surface area contributed by atoms with Crippen molar-refractivity contribution in [3.05, 3.63) is 48.3 Å². The van der Waals surface area contributed by atoms with Crippen LogP contribution >= 0.6 is 23.5 Å². The van der Waals surface area contributed by atoms with Gasteiger partial charge in [0.2, 0.25) is 0 Å². The van der Waals surface area contributed by atoms with Crippen molar-refractivity contribution in [2.75, 3.05) is 32.0 Å². The largest absolute Gasteiger partial charge is 0.500 e. The van der Waals surface area contributed by atoms with Gasteiger partial charge in [0.15, 0.2) is 6.79 Å². The third-order valence-electron chi connectivity index (χ3n) is 4.30. The SMILES string of the molecule is COC1=CC=CCC1SC[C@@H](C)CNC1CSc2ccccc2OCO1. The predicted molar refractivity (Wildman–Crippen MR) is 110 cm³/mol. The molecular formula is C20H27NO3S2. The smallest absolute Gasteiger partial charge is 0.190 e. The van der Waals surface area contributed by atoms with Crippen molar-refractivity contribution < 1.29 is 14.2 Å². The molecule has 0 aromatic heterocycles.